The van der Waals surface area contributed by atoms with E-state index in [-0.39, 0.29) is 6.03 Å². The van der Waals surface area contributed by atoms with Gasteiger partial charge in [0.15, 0.2) is 5.58 Å². The molecule has 1 N–H and O–H groups in total. The molecule has 1 unspecified atom stereocenters. The topological polar surface area (TPSA) is 48.7 Å². The zero-order valence-corrected chi connectivity index (χ0v) is 12.7. The van der Waals surface area contributed by atoms with E-state index in [1.807, 2.05) is 36.1 Å². The van der Waals surface area contributed by atoms with Crippen LogP contribution in [0.4, 0.5) is 10.5 Å². The van der Waals surface area contributed by atoms with Crippen molar-refractivity contribution in [2.45, 2.75) is 19.4 Å². The lowest BCUT2D eigenvalue weighted by atomic mass is 10.2. The van der Waals surface area contributed by atoms with Crippen LogP contribution in [-0.4, -0.2) is 49.1 Å². The van der Waals surface area contributed by atoms with E-state index in [0.29, 0.717) is 6.04 Å². The molecule has 2 amide bonds. The van der Waals surface area contributed by atoms with Crippen molar-refractivity contribution in [3.05, 3.63) is 30.0 Å². The summed E-state index contributed by atoms with van der Waals surface area (Å²) in [5.74, 6) is 0.848. The SMILES string of the molecule is Cc1cc2cccc(NC(=O)N3CCC(N(C)C)C3)c2o1. The number of nitrogens with one attached hydrogen (secondary N) is 1. The Morgan fingerprint density at radius 1 is 1.43 bits per heavy atom. The van der Waals surface area contributed by atoms with Gasteiger partial charge in [-0.2, -0.15) is 0 Å². The van der Waals surface area contributed by atoms with Gasteiger partial charge in [0.1, 0.15) is 5.76 Å². The molecule has 1 saturated heterocycles. The highest BCUT2D eigenvalue weighted by Gasteiger charge is 2.27. The molecule has 1 aliphatic heterocycles. The molecule has 0 bridgehead atoms. The van der Waals surface area contributed by atoms with Crippen molar-refractivity contribution in [2.24, 2.45) is 0 Å². The average molecular weight is 287 g/mol. The molecule has 0 radical (unpaired) electrons. The van der Waals surface area contributed by atoms with Crippen molar-refractivity contribution in [1.82, 2.24) is 9.80 Å². The van der Waals surface area contributed by atoms with E-state index in [0.717, 1.165) is 41.9 Å². The number of likely N-dealkylation sites (N-methyl/N-ethyl adjacent to an activating group) is 1. The Morgan fingerprint density at radius 2 is 2.24 bits per heavy atom. The van der Waals surface area contributed by atoms with Gasteiger partial charge in [0.25, 0.3) is 0 Å². The largest absolute Gasteiger partial charge is 0.459 e. The number of rotatable bonds is 2. The molecule has 1 atom stereocenters. The van der Waals surface area contributed by atoms with Crippen LogP contribution >= 0.6 is 0 Å². The van der Waals surface area contributed by atoms with E-state index in [1.54, 1.807) is 0 Å². The first-order valence-corrected chi connectivity index (χ1v) is 7.26. The van der Waals surface area contributed by atoms with Crippen LogP contribution in [0.1, 0.15) is 12.2 Å². The Bertz CT molecular complexity index is 663. The number of para-hydroxylation sites is 1. The Kier molecular flexibility index (Phi) is 3.59. The number of benzene rings is 1. The molecule has 5 heteroatoms. The second-order valence-electron chi connectivity index (χ2n) is 5.86. The fourth-order valence-electron chi connectivity index (χ4n) is 2.83. The molecule has 1 fully saturated rings. The van der Waals surface area contributed by atoms with Crippen LogP contribution in [0, 0.1) is 6.92 Å². The van der Waals surface area contributed by atoms with Gasteiger partial charge in [0.2, 0.25) is 0 Å². The van der Waals surface area contributed by atoms with Gasteiger partial charge in [-0.15, -0.1) is 0 Å². The summed E-state index contributed by atoms with van der Waals surface area (Å²) in [6.45, 7) is 3.47. The van der Waals surface area contributed by atoms with Crippen molar-refractivity contribution in [2.75, 3.05) is 32.5 Å². The van der Waals surface area contributed by atoms with E-state index in [9.17, 15) is 4.79 Å². The molecule has 112 valence electrons. The fraction of sp³-hybridized carbons (Fsp3) is 0.438. The van der Waals surface area contributed by atoms with Gasteiger partial charge in [-0.05, 0) is 39.6 Å². The predicted molar refractivity (Wildman–Crippen MR) is 83.6 cm³/mol. The quantitative estimate of drug-likeness (QED) is 0.924. The van der Waals surface area contributed by atoms with Gasteiger partial charge < -0.3 is 19.5 Å². The molecule has 1 aliphatic rings. The summed E-state index contributed by atoms with van der Waals surface area (Å²) >= 11 is 0. The number of hydrogen-bond donors (Lipinski definition) is 1. The third-order valence-electron chi connectivity index (χ3n) is 4.09. The number of fused-ring (bicyclic) bond motifs is 1. The average Bonchev–Trinajstić information content (AvgIpc) is 3.04. The van der Waals surface area contributed by atoms with Crippen LogP contribution < -0.4 is 5.32 Å². The highest BCUT2D eigenvalue weighted by Crippen LogP contribution is 2.27. The number of likely N-dealkylation sites (tertiary alicyclic amines) is 1. The third kappa shape index (κ3) is 2.74. The summed E-state index contributed by atoms with van der Waals surface area (Å²) in [6, 6.07) is 8.16. The molecule has 1 aromatic carbocycles. The van der Waals surface area contributed by atoms with Crippen molar-refractivity contribution >= 4 is 22.7 Å². The molecule has 2 heterocycles. The lowest BCUT2D eigenvalue weighted by Crippen LogP contribution is -2.36. The second kappa shape index (κ2) is 5.41. The van der Waals surface area contributed by atoms with E-state index >= 15 is 0 Å². The molecule has 21 heavy (non-hydrogen) atoms. The van der Waals surface area contributed by atoms with Crippen LogP contribution in [0.5, 0.6) is 0 Å². The molecule has 2 aromatic rings. The minimum absolute atomic E-state index is 0.0547. The van der Waals surface area contributed by atoms with E-state index < -0.39 is 0 Å². The summed E-state index contributed by atoms with van der Waals surface area (Å²) in [4.78, 5) is 16.4. The fourth-order valence-corrected chi connectivity index (χ4v) is 2.83. The number of carbonyl (C=O) groups excluding carboxylic acids is 1. The van der Waals surface area contributed by atoms with Gasteiger partial charge in [0, 0.05) is 24.5 Å². The molecular formula is C16H21N3O2. The number of aryl methyl sites for hydroxylation is 1. The number of anilines is 1. The molecule has 0 spiro atoms. The molecule has 0 saturated carbocycles. The van der Waals surface area contributed by atoms with Gasteiger partial charge in [-0.3, -0.25) is 0 Å². The maximum atomic E-state index is 12.4. The predicted octanol–water partition coefficient (Wildman–Crippen LogP) is 2.91. The first-order valence-electron chi connectivity index (χ1n) is 7.26. The van der Waals surface area contributed by atoms with E-state index in [2.05, 4.69) is 24.3 Å². The first-order chi connectivity index (χ1) is 10.0. The van der Waals surface area contributed by atoms with Gasteiger partial charge >= 0.3 is 6.03 Å². The number of furan rings is 1. The van der Waals surface area contributed by atoms with Crippen LogP contribution in [0.2, 0.25) is 0 Å². The summed E-state index contributed by atoms with van der Waals surface area (Å²) in [5.41, 5.74) is 1.48. The summed E-state index contributed by atoms with van der Waals surface area (Å²) in [6.07, 6.45) is 1.02. The van der Waals surface area contributed by atoms with Crippen molar-refractivity contribution in [3.8, 4) is 0 Å². The zero-order valence-electron chi connectivity index (χ0n) is 12.7. The van der Waals surface area contributed by atoms with Gasteiger partial charge in [0.05, 0.1) is 5.69 Å². The Hall–Kier alpha value is -2.01. The summed E-state index contributed by atoms with van der Waals surface area (Å²) < 4.78 is 5.68. The van der Waals surface area contributed by atoms with Crippen molar-refractivity contribution in [3.63, 3.8) is 0 Å². The smallest absolute Gasteiger partial charge is 0.322 e. The number of nitrogens with zero attached hydrogens (tertiary/aromatic N) is 2. The third-order valence-corrected chi connectivity index (χ3v) is 4.09. The van der Waals surface area contributed by atoms with Gasteiger partial charge in [-0.25, -0.2) is 4.79 Å². The molecule has 1 aromatic heterocycles. The summed E-state index contributed by atoms with van der Waals surface area (Å²) in [5, 5.41) is 3.99. The van der Waals surface area contributed by atoms with Crippen molar-refractivity contribution < 1.29 is 9.21 Å². The monoisotopic (exact) mass is 287 g/mol. The van der Waals surface area contributed by atoms with Crippen molar-refractivity contribution in [1.29, 1.82) is 0 Å². The number of urea groups is 1. The normalized spacial score (nSPS) is 18.7. The lowest BCUT2D eigenvalue weighted by molar-refractivity contribution is 0.216. The molecular weight excluding hydrogens is 266 g/mol. The second-order valence-corrected chi connectivity index (χ2v) is 5.86. The lowest BCUT2D eigenvalue weighted by Gasteiger charge is -2.20. The summed E-state index contributed by atoms with van der Waals surface area (Å²) in [7, 11) is 4.11. The highest BCUT2D eigenvalue weighted by molar-refractivity contribution is 5.99. The van der Waals surface area contributed by atoms with Gasteiger partial charge in [-0.1, -0.05) is 12.1 Å². The maximum Gasteiger partial charge on any atom is 0.322 e. The van der Waals surface area contributed by atoms with E-state index in [1.165, 1.54) is 0 Å². The minimum Gasteiger partial charge on any atom is -0.459 e. The Balaban J connectivity index is 1.75. The first kappa shape index (κ1) is 13.9. The highest BCUT2D eigenvalue weighted by atomic mass is 16.3. The number of hydrogen-bond acceptors (Lipinski definition) is 3. The standard InChI is InChI=1S/C16H21N3O2/c1-11-9-12-5-4-6-14(15(12)21-11)17-16(20)19-8-7-13(10-19)18(2)3/h4-6,9,13H,7-8,10H2,1-3H3,(H,17,20). The number of carbonyl (C=O) groups is 1. The molecule has 3 rings (SSSR count). The van der Waals surface area contributed by atoms with Crippen LogP contribution in [0.15, 0.2) is 28.7 Å². The Morgan fingerprint density at radius 3 is 2.95 bits per heavy atom. The van der Waals surface area contributed by atoms with Crippen LogP contribution in [-0.2, 0) is 0 Å². The van der Waals surface area contributed by atoms with Crippen LogP contribution in [0.25, 0.3) is 11.0 Å². The molecule has 0 aliphatic carbocycles. The minimum atomic E-state index is -0.0547. The Labute approximate surface area is 124 Å². The zero-order chi connectivity index (χ0) is 15.0. The van der Waals surface area contributed by atoms with E-state index in [4.69, 9.17) is 4.42 Å². The number of amides is 2. The molecule has 5 nitrogen and oxygen atoms in total. The van der Waals surface area contributed by atoms with Crippen LogP contribution in [0.3, 0.4) is 0 Å². The maximum absolute atomic E-state index is 12.4.